The van der Waals surface area contributed by atoms with Crippen LogP contribution in [-0.2, 0) is 16.1 Å². The van der Waals surface area contributed by atoms with E-state index in [-0.39, 0.29) is 5.92 Å². The molecule has 1 atom stereocenters. The number of carbonyl (C=O) groups excluding carboxylic acids is 2. The van der Waals surface area contributed by atoms with Crippen molar-refractivity contribution in [2.45, 2.75) is 30.8 Å². The van der Waals surface area contributed by atoms with Crippen LogP contribution in [0.5, 0.6) is 0 Å². The summed E-state index contributed by atoms with van der Waals surface area (Å²) in [6.07, 6.45) is 0. The van der Waals surface area contributed by atoms with Crippen LogP contribution >= 0.6 is 11.8 Å². The molecule has 0 radical (unpaired) electrons. The van der Waals surface area contributed by atoms with E-state index in [0.717, 1.165) is 24.6 Å². The highest BCUT2D eigenvalue weighted by molar-refractivity contribution is 8.00. The molecule has 1 aliphatic rings. The summed E-state index contributed by atoms with van der Waals surface area (Å²) in [6.45, 7) is 7.14. The van der Waals surface area contributed by atoms with Gasteiger partial charge in [-0.3, -0.25) is 14.7 Å². The van der Waals surface area contributed by atoms with Gasteiger partial charge >= 0.3 is 6.03 Å². The van der Waals surface area contributed by atoms with Crippen LogP contribution in [0.4, 0.5) is 10.7 Å². The number of amides is 3. The van der Waals surface area contributed by atoms with Crippen LogP contribution in [0.25, 0.3) is 0 Å². The van der Waals surface area contributed by atoms with Crippen LogP contribution in [-0.4, -0.2) is 58.3 Å². The number of primary amides is 1. The van der Waals surface area contributed by atoms with Gasteiger partial charge in [-0.1, -0.05) is 55.9 Å². The van der Waals surface area contributed by atoms with Crippen molar-refractivity contribution in [2.75, 3.05) is 31.2 Å². The molecule has 9 nitrogen and oxygen atoms in total. The molecule has 156 valence electrons. The number of benzene rings is 1. The van der Waals surface area contributed by atoms with E-state index in [1.165, 1.54) is 11.8 Å². The topological polar surface area (TPSA) is 115 Å². The van der Waals surface area contributed by atoms with Gasteiger partial charge in [0.15, 0.2) is 5.16 Å². The van der Waals surface area contributed by atoms with Gasteiger partial charge in [-0.2, -0.15) is 0 Å². The zero-order valence-electron chi connectivity index (χ0n) is 16.6. The second-order valence-corrected chi connectivity index (χ2v) is 8.20. The van der Waals surface area contributed by atoms with E-state index < -0.39 is 17.2 Å². The quantitative estimate of drug-likeness (QED) is 0.654. The van der Waals surface area contributed by atoms with Crippen molar-refractivity contribution in [2.24, 2.45) is 11.7 Å². The number of anilines is 1. The number of carbonyl (C=O) groups is 2. The van der Waals surface area contributed by atoms with Gasteiger partial charge in [-0.25, -0.2) is 4.79 Å². The smallest absolute Gasteiger partial charge is 0.318 e. The monoisotopic (exact) mass is 418 g/mol. The Hall–Kier alpha value is -2.59. The summed E-state index contributed by atoms with van der Waals surface area (Å²) in [5, 5.41) is 11.0. The van der Waals surface area contributed by atoms with Gasteiger partial charge in [-0.05, 0) is 11.5 Å². The third kappa shape index (κ3) is 5.48. The van der Waals surface area contributed by atoms with Crippen molar-refractivity contribution in [1.29, 1.82) is 0 Å². The van der Waals surface area contributed by atoms with E-state index in [1.807, 2.05) is 48.7 Å². The third-order valence-electron chi connectivity index (χ3n) is 4.52. The summed E-state index contributed by atoms with van der Waals surface area (Å²) in [5.41, 5.74) is 6.23. The number of nitrogens with two attached hydrogens (primary N) is 1. The summed E-state index contributed by atoms with van der Waals surface area (Å²) in [6, 6.07) is 9.16. The molecule has 2 aromatic rings. The molecule has 1 fully saturated rings. The van der Waals surface area contributed by atoms with Gasteiger partial charge in [0.25, 0.3) is 0 Å². The maximum absolute atomic E-state index is 12.5. The number of thioether (sulfide) groups is 1. The summed E-state index contributed by atoms with van der Waals surface area (Å²) in [5.74, 6) is 0.283. The fourth-order valence-electron chi connectivity index (χ4n) is 3.07. The third-order valence-corrected chi connectivity index (χ3v) is 6.04. The van der Waals surface area contributed by atoms with Crippen molar-refractivity contribution in [3.8, 4) is 0 Å². The van der Waals surface area contributed by atoms with Crippen LogP contribution in [0.1, 0.15) is 19.4 Å². The standard InChI is InChI=1S/C19H26N6O3S/c1-13(2)15(16(26)21-17(20)27)29-19-23-22-18(24-8-10-28-11-9-24)25(19)12-14-6-4-3-5-7-14/h3-7,13,15H,8-12H2,1-2H3,(H3,20,21,26,27)/t15-/m0/s1. The van der Waals surface area contributed by atoms with Crippen molar-refractivity contribution in [3.05, 3.63) is 35.9 Å². The zero-order chi connectivity index (χ0) is 20.8. The highest BCUT2D eigenvalue weighted by Gasteiger charge is 2.29. The van der Waals surface area contributed by atoms with Crippen molar-refractivity contribution in [1.82, 2.24) is 20.1 Å². The van der Waals surface area contributed by atoms with Crippen molar-refractivity contribution < 1.29 is 14.3 Å². The number of aromatic nitrogens is 3. The van der Waals surface area contributed by atoms with E-state index in [2.05, 4.69) is 20.4 Å². The summed E-state index contributed by atoms with van der Waals surface area (Å²) < 4.78 is 7.46. The number of rotatable bonds is 7. The Bertz CT molecular complexity index is 836. The number of imide groups is 1. The normalized spacial score (nSPS) is 15.3. The minimum absolute atomic E-state index is 0.0342. The largest absolute Gasteiger partial charge is 0.378 e. The van der Waals surface area contributed by atoms with Gasteiger partial charge in [0.2, 0.25) is 11.9 Å². The average Bonchev–Trinajstić information content (AvgIpc) is 3.09. The van der Waals surface area contributed by atoms with E-state index >= 15 is 0 Å². The van der Waals surface area contributed by atoms with Crippen LogP contribution in [0.15, 0.2) is 35.5 Å². The molecule has 29 heavy (non-hydrogen) atoms. The fourth-order valence-corrected chi connectivity index (χ4v) is 4.09. The second kappa shape index (κ2) is 9.75. The second-order valence-electron chi connectivity index (χ2n) is 7.09. The van der Waals surface area contributed by atoms with Gasteiger partial charge in [0.05, 0.1) is 25.0 Å². The molecule has 1 aromatic carbocycles. The number of ether oxygens (including phenoxy) is 1. The zero-order valence-corrected chi connectivity index (χ0v) is 17.4. The van der Waals surface area contributed by atoms with Crippen LogP contribution in [0.2, 0.25) is 0 Å². The maximum Gasteiger partial charge on any atom is 0.318 e. The Morgan fingerprint density at radius 3 is 2.52 bits per heavy atom. The molecule has 1 aliphatic heterocycles. The first-order chi connectivity index (χ1) is 14.0. The molecule has 0 spiro atoms. The lowest BCUT2D eigenvalue weighted by Crippen LogP contribution is -2.42. The van der Waals surface area contributed by atoms with Gasteiger partial charge in [0.1, 0.15) is 0 Å². The fraction of sp³-hybridized carbons (Fsp3) is 0.474. The number of morpholine rings is 1. The number of hydrogen-bond acceptors (Lipinski definition) is 7. The average molecular weight is 419 g/mol. The minimum Gasteiger partial charge on any atom is -0.378 e. The van der Waals surface area contributed by atoms with Crippen LogP contribution in [0, 0.1) is 5.92 Å². The number of nitrogens with zero attached hydrogens (tertiary/aromatic N) is 4. The molecule has 0 unspecified atom stereocenters. The molecule has 2 heterocycles. The van der Waals surface area contributed by atoms with Crippen LogP contribution < -0.4 is 16.0 Å². The Balaban J connectivity index is 1.91. The summed E-state index contributed by atoms with van der Waals surface area (Å²) in [4.78, 5) is 25.7. The van der Waals surface area contributed by atoms with E-state index in [4.69, 9.17) is 10.5 Å². The highest BCUT2D eigenvalue weighted by Crippen LogP contribution is 2.30. The number of hydrogen-bond donors (Lipinski definition) is 2. The first-order valence-corrected chi connectivity index (χ1v) is 10.4. The Kier molecular flexibility index (Phi) is 7.10. The summed E-state index contributed by atoms with van der Waals surface area (Å²) in [7, 11) is 0. The maximum atomic E-state index is 12.5. The molecule has 0 aliphatic carbocycles. The molecular formula is C19H26N6O3S. The lowest BCUT2D eigenvalue weighted by atomic mass is 10.1. The van der Waals surface area contributed by atoms with Gasteiger partial charge in [-0.15, -0.1) is 10.2 Å². The SMILES string of the molecule is CC(C)[C@H](Sc1nnc(N2CCOCC2)n1Cc1ccccc1)C(=O)NC(N)=O. The molecule has 3 amide bonds. The summed E-state index contributed by atoms with van der Waals surface area (Å²) >= 11 is 1.29. The Morgan fingerprint density at radius 2 is 1.90 bits per heavy atom. The Labute approximate surface area is 174 Å². The number of nitrogens with one attached hydrogen (secondary N) is 1. The number of urea groups is 1. The lowest BCUT2D eigenvalue weighted by molar-refractivity contribution is -0.120. The van der Waals surface area contributed by atoms with Gasteiger partial charge < -0.3 is 15.4 Å². The molecule has 0 bridgehead atoms. The predicted octanol–water partition coefficient (Wildman–Crippen LogP) is 1.47. The van der Waals surface area contributed by atoms with Crippen molar-refractivity contribution in [3.63, 3.8) is 0 Å². The van der Waals surface area contributed by atoms with Gasteiger partial charge in [0, 0.05) is 13.1 Å². The van der Waals surface area contributed by atoms with Crippen LogP contribution in [0.3, 0.4) is 0 Å². The molecule has 1 saturated heterocycles. The molecule has 0 saturated carbocycles. The first-order valence-electron chi connectivity index (χ1n) is 9.52. The van der Waals surface area contributed by atoms with E-state index in [1.54, 1.807) is 0 Å². The first kappa shape index (κ1) is 21.1. The van der Waals surface area contributed by atoms with E-state index in [9.17, 15) is 9.59 Å². The Morgan fingerprint density at radius 1 is 1.21 bits per heavy atom. The van der Waals surface area contributed by atoms with Crippen molar-refractivity contribution >= 4 is 29.6 Å². The molecular weight excluding hydrogens is 392 g/mol. The predicted molar refractivity (Wildman–Crippen MR) is 111 cm³/mol. The molecule has 3 N–H and O–H groups in total. The molecule has 10 heteroatoms. The lowest BCUT2D eigenvalue weighted by Gasteiger charge is -2.28. The molecule has 1 aromatic heterocycles. The minimum atomic E-state index is -0.860. The molecule has 3 rings (SSSR count). The highest BCUT2D eigenvalue weighted by atomic mass is 32.2. The van der Waals surface area contributed by atoms with E-state index in [0.29, 0.717) is 24.9 Å².